The SMILES string of the molecule is O=C(Cc1ccccc1-c1ccccn1)c1cccs1. The normalized spacial score (nSPS) is 10.4. The minimum absolute atomic E-state index is 0.156. The number of pyridine rings is 1. The lowest BCUT2D eigenvalue weighted by Gasteiger charge is -2.07. The van der Waals surface area contributed by atoms with E-state index in [2.05, 4.69) is 4.98 Å². The van der Waals surface area contributed by atoms with Crippen LogP contribution in [0.1, 0.15) is 15.2 Å². The van der Waals surface area contributed by atoms with Crippen LogP contribution in [0.15, 0.2) is 66.2 Å². The summed E-state index contributed by atoms with van der Waals surface area (Å²) in [4.78, 5) is 17.4. The lowest BCUT2D eigenvalue weighted by molar-refractivity contribution is 0.0997. The molecule has 0 saturated carbocycles. The van der Waals surface area contributed by atoms with Crippen LogP contribution in [0.4, 0.5) is 0 Å². The number of Topliss-reactive ketones (excluding diaryl/α,β-unsaturated/α-hetero) is 1. The number of thiophene rings is 1. The number of nitrogens with zero attached hydrogens (tertiary/aromatic N) is 1. The maximum atomic E-state index is 12.2. The van der Waals surface area contributed by atoms with Gasteiger partial charge in [0.25, 0.3) is 0 Å². The summed E-state index contributed by atoms with van der Waals surface area (Å²) >= 11 is 1.49. The number of benzene rings is 1. The van der Waals surface area contributed by atoms with Crippen molar-refractivity contribution in [1.82, 2.24) is 4.98 Å². The smallest absolute Gasteiger partial charge is 0.177 e. The highest BCUT2D eigenvalue weighted by Crippen LogP contribution is 2.23. The average Bonchev–Trinajstić information content (AvgIpc) is 3.03. The molecule has 0 atom stereocenters. The van der Waals surface area contributed by atoms with Gasteiger partial charge in [-0.1, -0.05) is 36.4 Å². The molecule has 0 saturated heterocycles. The Bertz CT molecular complexity index is 705. The fourth-order valence-electron chi connectivity index (χ4n) is 2.14. The Hall–Kier alpha value is -2.26. The molecule has 0 aliphatic rings. The standard InChI is InChI=1S/C17H13NOS/c19-16(17-9-5-11-20-17)12-13-6-1-2-7-14(13)15-8-3-4-10-18-15/h1-11H,12H2. The molecule has 0 bridgehead atoms. The molecule has 2 nitrogen and oxygen atoms in total. The van der Waals surface area contributed by atoms with Crippen LogP contribution in [0.2, 0.25) is 0 Å². The van der Waals surface area contributed by atoms with Gasteiger partial charge < -0.3 is 0 Å². The molecule has 0 amide bonds. The maximum Gasteiger partial charge on any atom is 0.177 e. The molecule has 3 heteroatoms. The number of hydrogen-bond donors (Lipinski definition) is 0. The van der Waals surface area contributed by atoms with Crippen LogP contribution in [0, 0.1) is 0 Å². The highest BCUT2D eigenvalue weighted by molar-refractivity contribution is 7.12. The number of rotatable bonds is 4. The van der Waals surface area contributed by atoms with E-state index in [4.69, 9.17) is 0 Å². The summed E-state index contributed by atoms with van der Waals surface area (Å²) < 4.78 is 0. The molecule has 2 aromatic heterocycles. The summed E-state index contributed by atoms with van der Waals surface area (Å²) in [6.45, 7) is 0. The van der Waals surface area contributed by atoms with Gasteiger partial charge in [0.05, 0.1) is 10.6 Å². The van der Waals surface area contributed by atoms with Gasteiger partial charge in [0.1, 0.15) is 0 Å². The summed E-state index contributed by atoms with van der Waals surface area (Å²) in [5, 5.41) is 1.93. The van der Waals surface area contributed by atoms with E-state index in [9.17, 15) is 4.79 Å². The predicted octanol–water partition coefficient (Wildman–Crippen LogP) is 4.24. The molecule has 0 spiro atoms. The zero-order valence-electron chi connectivity index (χ0n) is 10.8. The van der Waals surface area contributed by atoms with E-state index in [1.807, 2.05) is 60.0 Å². The summed E-state index contributed by atoms with van der Waals surface area (Å²) in [5.41, 5.74) is 2.95. The van der Waals surface area contributed by atoms with Gasteiger partial charge in [0, 0.05) is 18.2 Å². The summed E-state index contributed by atoms with van der Waals surface area (Å²) in [6.07, 6.45) is 2.18. The molecule has 0 unspecified atom stereocenters. The largest absolute Gasteiger partial charge is 0.293 e. The molecule has 1 aromatic carbocycles. The molecule has 98 valence electrons. The monoisotopic (exact) mass is 279 g/mol. The Morgan fingerprint density at radius 2 is 1.85 bits per heavy atom. The number of aromatic nitrogens is 1. The second kappa shape index (κ2) is 5.80. The average molecular weight is 279 g/mol. The second-order valence-corrected chi connectivity index (χ2v) is 5.40. The molecule has 0 N–H and O–H groups in total. The van der Waals surface area contributed by atoms with Gasteiger partial charge in [-0.2, -0.15) is 0 Å². The molecule has 20 heavy (non-hydrogen) atoms. The minimum Gasteiger partial charge on any atom is -0.293 e. The zero-order chi connectivity index (χ0) is 13.8. The summed E-state index contributed by atoms with van der Waals surface area (Å²) in [7, 11) is 0. The van der Waals surface area contributed by atoms with Gasteiger partial charge in [-0.15, -0.1) is 11.3 Å². The van der Waals surface area contributed by atoms with Crippen molar-refractivity contribution in [3.05, 3.63) is 76.6 Å². The lowest BCUT2D eigenvalue weighted by atomic mass is 9.99. The Kier molecular flexibility index (Phi) is 3.70. The molecule has 0 fully saturated rings. The highest BCUT2D eigenvalue weighted by atomic mass is 32.1. The second-order valence-electron chi connectivity index (χ2n) is 4.45. The predicted molar refractivity (Wildman–Crippen MR) is 82.0 cm³/mol. The molecule has 2 heterocycles. The van der Waals surface area contributed by atoms with Crippen LogP contribution in [0.25, 0.3) is 11.3 Å². The molecule has 0 radical (unpaired) electrons. The fraction of sp³-hybridized carbons (Fsp3) is 0.0588. The topological polar surface area (TPSA) is 30.0 Å². The first kappa shape index (κ1) is 12.8. The van der Waals surface area contributed by atoms with Crippen molar-refractivity contribution >= 4 is 17.1 Å². The van der Waals surface area contributed by atoms with Gasteiger partial charge in [-0.25, -0.2) is 0 Å². The number of ketones is 1. The van der Waals surface area contributed by atoms with Crippen molar-refractivity contribution in [2.45, 2.75) is 6.42 Å². The Balaban J connectivity index is 1.93. The third kappa shape index (κ3) is 2.68. The molecule has 0 aliphatic carbocycles. The first-order valence-corrected chi connectivity index (χ1v) is 7.28. The van der Waals surface area contributed by atoms with Crippen molar-refractivity contribution in [1.29, 1.82) is 0 Å². The third-order valence-electron chi connectivity index (χ3n) is 3.11. The van der Waals surface area contributed by atoms with Crippen LogP contribution in [-0.4, -0.2) is 10.8 Å². The highest BCUT2D eigenvalue weighted by Gasteiger charge is 2.12. The third-order valence-corrected chi connectivity index (χ3v) is 4.02. The molecule has 0 aliphatic heterocycles. The van der Waals surface area contributed by atoms with Gasteiger partial charge >= 0.3 is 0 Å². The summed E-state index contributed by atoms with van der Waals surface area (Å²) in [6, 6.07) is 17.5. The molecular weight excluding hydrogens is 266 g/mol. The van der Waals surface area contributed by atoms with Crippen molar-refractivity contribution in [2.24, 2.45) is 0 Å². The lowest BCUT2D eigenvalue weighted by Crippen LogP contribution is -2.03. The minimum atomic E-state index is 0.156. The van der Waals surface area contributed by atoms with Gasteiger partial charge in [-0.3, -0.25) is 9.78 Å². The first-order valence-electron chi connectivity index (χ1n) is 6.40. The van der Waals surface area contributed by atoms with Crippen LogP contribution in [-0.2, 0) is 6.42 Å². The van der Waals surface area contributed by atoms with Crippen LogP contribution in [0.3, 0.4) is 0 Å². The zero-order valence-corrected chi connectivity index (χ0v) is 11.6. The Labute approximate surface area is 121 Å². The Morgan fingerprint density at radius 1 is 1.00 bits per heavy atom. The van der Waals surface area contributed by atoms with E-state index in [1.165, 1.54) is 11.3 Å². The van der Waals surface area contributed by atoms with Crippen molar-refractivity contribution < 1.29 is 4.79 Å². The van der Waals surface area contributed by atoms with E-state index in [0.29, 0.717) is 6.42 Å². The quantitative estimate of drug-likeness (QED) is 0.669. The fourth-order valence-corrected chi connectivity index (χ4v) is 2.81. The first-order chi connectivity index (χ1) is 9.84. The number of hydrogen-bond acceptors (Lipinski definition) is 3. The van der Waals surface area contributed by atoms with Crippen LogP contribution < -0.4 is 0 Å². The van der Waals surface area contributed by atoms with Crippen molar-refractivity contribution in [3.63, 3.8) is 0 Å². The van der Waals surface area contributed by atoms with Crippen LogP contribution in [0.5, 0.6) is 0 Å². The van der Waals surface area contributed by atoms with Crippen molar-refractivity contribution in [2.75, 3.05) is 0 Å². The molecule has 3 rings (SSSR count). The van der Waals surface area contributed by atoms with Crippen LogP contribution >= 0.6 is 11.3 Å². The van der Waals surface area contributed by atoms with E-state index in [-0.39, 0.29) is 5.78 Å². The maximum absolute atomic E-state index is 12.2. The van der Waals surface area contributed by atoms with Gasteiger partial charge in [0.2, 0.25) is 0 Å². The van der Waals surface area contributed by atoms with E-state index < -0.39 is 0 Å². The van der Waals surface area contributed by atoms with Gasteiger partial charge in [-0.05, 0) is 29.1 Å². The molecule has 3 aromatic rings. The van der Waals surface area contributed by atoms with E-state index >= 15 is 0 Å². The molecular formula is C17H13NOS. The summed E-state index contributed by atoms with van der Waals surface area (Å²) in [5.74, 6) is 0.156. The number of carbonyl (C=O) groups excluding carboxylic acids is 1. The van der Waals surface area contributed by atoms with E-state index in [0.717, 1.165) is 21.7 Å². The van der Waals surface area contributed by atoms with E-state index in [1.54, 1.807) is 6.20 Å². The number of carbonyl (C=O) groups is 1. The van der Waals surface area contributed by atoms with Gasteiger partial charge in [0.15, 0.2) is 5.78 Å². The Morgan fingerprint density at radius 3 is 2.60 bits per heavy atom. The van der Waals surface area contributed by atoms with Crippen molar-refractivity contribution in [3.8, 4) is 11.3 Å².